The molecule has 1 heterocycles. The van der Waals surface area contributed by atoms with Crippen LogP contribution in [0.1, 0.15) is 13.8 Å². The van der Waals surface area contributed by atoms with Gasteiger partial charge in [0.25, 0.3) is 0 Å². The van der Waals surface area contributed by atoms with Gasteiger partial charge in [0.05, 0.1) is 6.07 Å². The highest BCUT2D eigenvalue weighted by atomic mass is 79.9. The fourth-order valence-corrected chi connectivity index (χ4v) is 1.11. The van der Waals surface area contributed by atoms with Crippen LogP contribution in [0.3, 0.4) is 0 Å². The van der Waals surface area contributed by atoms with E-state index >= 15 is 0 Å². The van der Waals surface area contributed by atoms with E-state index < -0.39 is 5.54 Å². The van der Waals surface area contributed by atoms with E-state index in [1.807, 2.05) is 36.9 Å². The Morgan fingerprint density at radius 2 is 2.27 bits per heavy atom. The highest BCUT2D eigenvalue weighted by Crippen LogP contribution is 2.18. The first-order valence-corrected chi connectivity index (χ1v) is 4.11. The van der Waals surface area contributed by atoms with Crippen LogP contribution in [0, 0.1) is 11.3 Å². The molecule has 0 unspecified atom stereocenters. The molecule has 1 aromatic rings. The second-order valence-electron chi connectivity index (χ2n) is 2.91. The minimum absolute atomic E-state index is 0.452. The maximum absolute atomic E-state index is 8.77. The predicted molar refractivity (Wildman–Crippen MR) is 47.1 cm³/mol. The van der Waals surface area contributed by atoms with E-state index in [0.717, 1.165) is 4.47 Å². The molecule has 1 aromatic heterocycles. The molecule has 0 aromatic carbocycles. The maximum Gasteiger partial charge on any atom is 0.125 e. The van der Waals surface area contributed by atoms with Crippen LogP contribution in [0.5, 0.6) is 0 Å². The van der Waals surface area contributed by atoms with Crippen LogP contribution in [0.25, 0.3) is 0 Å². The molecular formula is C8H9BrN2. The van der Waals surface area contributed by atoms with Crippen molar-refractivity contribution in [3.05, 3.63) is 22.9 Å². The van der Waals surface area contributed by atoms with E-state index in [9.17, 15) is 0 Å². The molecule has 0 atom stereocenters. The smallest absolute Gasteiger partial charge is 0.125 e. The van der Waals surface area contributed by atoms with Gasteiger partial charge in [-0.3, -0.25) is 0 Å². The largest absolute Gasteiger partial charge is 0.335 e. The third-order valence-electron chi connectivity index (χ3n) is 1.58. The molecule has 0 saturated carbocycles. The highest BCUT2D eigenvalue weighted by molar-refractivity contribution is 9.10. The zero-order valence-corrected chi connectivity index (χ0v) is 8.09. The zero-order valence-electron chi connectivity index (χ0n) is 6.50. The monoisotopic (exact) mass is 212 g/mol. The average molecular weight is 213 g/mol. The minimum Gasteiger partial charge on any atom is -0.335 e. The molecule has 1 rings (SSSR count). The van der Waals surface area contributed by atoms with Gasteiger partial charge in [0, 0.05) is 16.9 Å². The second kappa shape index (κ2) is 2.71. The van der Waals surface area contributed by atoms with Crippen molar-refractivity contribution >= 4 is 15.9 Å². The lowest BCUT2D eigenvalue weighted by molar-refractivity contribution is 0.470. The number of hydrogen-bond acceptors (Lipinski definition) is 1. The Labute approximate surface area is 74.6 Å². The van der Waals surface area contributed by atoms with Crippen molar-refractivity contribution in [2.45, 2.75) is 19.4 Å². The minimum atomic E-state index is -0.452. The molecule has 11 heavy (non-hydrogen) atoms. The van der Waals surface area contributed by atoms with Gasteiger partial charge >= 0.3 is 0 Å². The van der Waals surface area contributed by atoms with Gasteiger partial charge in [-0.1, -0.05) is 0 Å². The van der Waals surface area contributed by atoms with E-state index in [-0.39, 0.29) is 0 Å². The van der Waals surface area contributed by atoms with Crippen molar-refractivity contribution in [1.29, 1.82) is 5.26 Å². The van der Waals surface area contributed by atoms with Crippen molar-refractivity contribution in [1.82, 2.24) is 4.57 Å². The first-order valence-electron chi connectivity index (χ1n) is 3.31. The fraction of sp³-hybridized carbons (Fsp3) is 0.375. The molecular weight excluding hydrogens is 204 g/mol. The van der Waals surface area contributed by atoms with E-state index in [1.165, 1.54) is 0 Å². The van der Waals surface area contributed by atoms with Crippen molar-refractivity contribution in [2.75, 3.05) is 0 Å². The summed E-state index contributed by atoms with van der Waals surface area (Å²) < 4.78 is 2.87. The summed E-state index contributed by atoms with van der Waals surface area (Å²) in [6.07, 6.45) is 3.77. The molecule has 2 nitrogen and oxygen atoms in total. The summed E-state index contributed by atoms with van der Waals surface area (Å²) in [7, 11) is 0. The lowest BCUT2D eigenvalue weighted by Crippen LogP contribution is -2.21. The van der Waals surface area contributed by atoms with E-state index in [4.69, 9.17) is 5.26 Å². The predicted octanol–water partition coefficient (Wildman–Crippen LogP) is 2.51. The molecule has 0 bridgehead atoms. The third kappa shape index (κ3) is 1.63. The van der Waals surface area contributed by atoms with Crippen molar-refractivity contribution in [2.24, 2.45) is 0 Å². The molecule has 0 radical (unpaired) electrons. The number of nitrogens with zero attached hydrogens (tertiary/aromatic N) is 2. The summed E-state index contributed by atoms with van der Waals surface area (Å²) in [5.74, 6) is 0. The van der Waals surface area contributed by atoms with E-state index in [0.29, 0.717) is 0 Å². The van der Waals surface area contributed by atoms with Crippen LogP contribution < -0.4 is 0 Å². The number of halogens is 1. The summed E-state index contributed by atoms with van der Waals surface area (Å²) >= 11 is 3.32. The van der Waals surface area contributed by atoms with Crippen LogP contribution in [0.15, 0.2) is 22.9 Å². The Morgan fingerprint density at radius 1 is 1.64 bits per heavy atom. The molecule has 0 spiro atoms. The quantitative estimate of drug-likeness (QED) is 0.704. The lowest BCUT2D eigenvalue weighted by atomic mass is 10.1. The number of rotatable bonds is 1. The Hall–Kier alpha value is -0.750. The van der Waals surface area contributed by atoms with Crippen LogP contribution in [0.2, 0.25) is 0 Å². The van der Waals surface area contributed by atoms with Gasteiger partial charge in [0.15, 0.2) is 0 Å². The maximum atomic E-state index is 8.77. The summed E-state index contributed by atoms with van der Waals surface area (Å²) in [6, 6.07) is 4.13. The molecule has 0 N–H and O–H groups in total. The summed E-state index contributed by atoms with van der Waals surface area (Å²) in [5.41, 5.74) is -0.452. The first-order chi connectivity index (χ1) is 5.06. The van der Waals surface area contributed by atoms with Gasteiger partial charge in [0.2, 0.25) is 0 Å². The molecule has 0 amide bonds. The standard InChI is InChI=1S/C8H9BrN2/c1-8(2,6-10)11-4-3-7(9)5-11/h3-5H,1-2H3. The topological polar surface area (TPSA) is 28.7 Å². The van der Waals surface area contributed by atoms with Gasteiger partial charge in [-0.2, -0.15) is 5.26 Å². The molecule has 0 aliphatic rings. The third-order valence-corrected chi connectivity index (χ3v) is 2.04. The molecule has 3 heteroatoms. The molecule has 58 valence electrons. The van der Waals surface area contributed by atoms with Crippen LogP contribution >= 0.6 is 15.9 Å². The molecule has 0 fully saturated rings. The average Bonchev–Trinajstić information content (AvgIpc) is 2.36. The van der Waals surface area contributed by atoms with Gasteiger partial charge in [-0.05, 0) is 35.8 Å². The van der Waals surface area contributed by atoms with Crippen molar-refractivity contribution in [3.63, 3.8) is 0 Å². The van der Waals surface area contributed by atoms with Gasteiger partial charge in [0.1, 0.15) is 5.54 Å². The van der Waals surface area contributed by atoms with Gasteiger partial charge < -0.3 is 4.57 Å². The molecule has 0 aliphatic heterocycles. The van der Waals surface area contributed by atoms with Gasteiger partial charge in [-0.25, -0.2) is 0 Å². The Morgan fingerprint density at radius 3 is 2.64 bits per heavy atom. The number of nitriles is 1. The summed E-state index contributed by atoms with van der Waals surface area (Å²) in [6.45, 7) is 3.75. The van der Waals surface area contributed by atoms with Crippen molar-refractivity contribution in [3.8, 4) is 6.07 Å². The van der Waals surface area contributed by atoms with Crippen LogP contribution in [-0.2, 0) is 5.54 Å². The zero-order chi connectivity index (χ0) is 8.48. The summed E-state index contributed by atoms with van der Waals surface area (Å²) in [5, 5.41) is 8.77. The Kier molecular flexibility index (Phi) is 2.05. The lowest BCUT2D eigenvalue weighted by Gasteiger charge is -2.16. The van der Waals surface area contributed by atoms with Crippen molar-refractivity contribution < 1.29 is 0 Å². The fourth-order valence-electron chi connectivity index (χ4n) is 0.776. The SMILES string of the molecule is CC(C)(C#N)n1ccc(Br)c1. The normalized spacial score (nSPS) is 11.1. The Bertz CT molecular complexity index is 293. The van der Waals surface area contributed by atoms with Crippen LogP contribution in [0.4, 0.5) is 0 Å². The summed E-state index contributed by atoms with van der Waals surface area (Å²) in [4.78, 5) is 0. The highest BCUT2D eigenvalue weighted by Gasteiger charge is 2.17. The first kappa shape index (κ1) is 8.35. The Balaban J connectivity index is 3.04. The molecule has 0 saturated heterocycles. The van der Waals surface area contributed by atoms with Crippen LogP contribution in [-0.4, -0.2) is 4.57 Å². The number of aromatic nitrogens is 1. The van der Waals surface area contributed by atoms with E-state index in [2.05, 4.69) is 22.0 Å². The number of hydrogen-bond donors (Lipinski definition) is 0. The van der Waals surface area contributed by atoms with Gasteiger partial charge in [-0.15, -0.1) is 0 Å². The van der Waals surface area contributed by atoms with E-state index in [1.54, 1.807) is 0 Å². The molecule has 0 aliphatic carbocycles. The second-order valence-corrected chi connectivity index (χ2v) is 3.82.